The topological polar surface area (TPSA) is 100 Å². The molecular formula is C102H60N8OS3. The lowest BCUT2D eigenvalue weighted by Crippen LogP contribution is -2.00. The van der Waals surface area contributed by atoms with Gasteiger partial charge in [-0.1, -0.05) is 267 Å². The van der Waals surface area contributed by atoms with Gasteiger partial charge in [-0.25, -0.2) is 29.9 Å². The van der Waals surface area contributed by atoms with Crippen molar-refractivity contribution in [1.82, 2.24) is 39.0 Å². The van der Waals surface area contributed by atoms with Crippen LogP contribution in [0.5, 0.6) is 0 Å². The fraction of sp³-hybridized carbons (Fsp3) is 0. The lowest BCUT2D eigenvalue weighted by atomic mass is 10.0. The Morgan fingerprint density at radius 1 is 0.193 bits per heavy atom. The Bertz CT molecular complexity index is 7410. The van der Waals surface area contributed by atoms with Gasteiger partial charge in [-0.3, -0.25) is 0 Å². The number of aromatic nitrogens is 8. The van der Waals surface area contributed by atoms with Crippen LogP contribution in [-0.2, 0) is 0 Å². The summed E-state index contributed by atoms with van der Waals surface area (Å²) in [4.78, 5) is 30.2. The molecule has 0 aliphatic carbocycles. The van der Waals surface area contributed by atoms with Crippen molar-refractivity contribution in [3.05, 3.63) is 364 Å². The van der Waals surface area contributed by atoms with Crippen molar-refractivity contribution < 1.29 is 4.42 Å². The number of rotatable bonds is 10. The molecule has 0 N–H and O–H groups in total. The largest absolute Gasteiger partial charge is 0.453 e. The predicted octanol–water partition coefficient (Wildman–Crippen LogP) is 28.3. The van der Waals surface area contributed by atoms with Crippen molar-refractivity contribution in [1.29, 1.82) is 0 Å². The number of para-hydroxylation sites is 4. The molecule has 0 spiro atoms. The first-order chi connectivity index (χ1) is 56.5. The van der Waals surface area contributed by atoms with E-state index in [4.69, 9.17) is 34.3 Å². The normalized spacial score (nSPS) is 11.9. The number of nitrogens with zero attached hydrogens (tertiary/aromatic N) is 8. The summed E-state index contributed by atoms with van der Waals surface area (Å²) < 4.78 is 19.5. The van der Waals surface area contributed by atoms with Crippen molar-refractivity contribution in [2.24, 2.45) is 0 Å². The Morgan fingerprint density at radius 3 is 1.02 bits per heavy atom. The fourth-order valence-corrected chi connectivity index (χ4v) is 20.3. The molecule has 0 radical (unpaired) electrons. The van der Waals surface area contributed by atoms with Crippen LogP contribution in [-0.4, -0.2) is 39.0 Å². The average Bonchev–Trinajstić information content (AvgIpc) is 1.57. The molecule has 24 aromatic rings. The quantitative estimate of drug-likeness (QED) is 0.134. The molecule has 12 heteroatoms. The third-order valence-electron chi connectivity index (χ3n) is 22.1. The number of furan rings is 1. The molecule has 24 rings (SSSR count). The maximum Gasteiger partial charge on any atom is 0.167 e. The van der Waals surface area contributed by atoms with Gasteiger partial charge in [0.05, 0.1) is 43.7 Å². The minimum atomic E-state index is 0.562. The van der Waals surface area contributed by atoms with Crippen LogP contribution in [0.25, 0.3) is 228 Å². The van der Waals surface area contributed by atoms with Gasteiger partial charge in [0.1, 0.15) is 5.58 Å². The molecular weight excluding hydrogens is 1450 g/mol. The summed E-state index contributed by atoms with van der Waals surface area (Å²) in [5.74, 6) is 3.77. The highest BCUT2D eigenvalue weighted by Crippen LogP contribution is 2.48. The van der Waals surface area contributed by atoms with E-state index in [1.165, 1.54) is 111 Å². The molecule has 8 heterocycles. The molecule has 8 aromatic heterocycles. The second-order valence-electron chi connectivity index (χ2n) is 28.7. The molecule has 114 heavy (non-hydrogen) atoms. The van der Waals surface area contributed by atoms with E-state index < -0.39 is 0 Å². The molecule has 9 nitrogen and oxygen atoms in total. The van der Waals surface area contributed by atoms with E-state index in [2.05, 4.69) is 270 Å². The Hall–Kier alpha value is -14.4. The van der Waals surface area contributed by atoms with Crippen molar-refractivity contribution in [2.75, 3.05) is 0 Å². The van der Waals surface area contributed by atoms with Crippen molar-refractivity contribution in [2.45, 2.75) is 0 Å². The van der Waals surface area contributed by atoms with Gasteiger partial charge in [-0.05, 0) is 119 Å². The molecule has 0 atom stereocenters. The minimum absolute atomic E-state index is 0.562. The van der Waals surface area contributed by atoms with Crippen LogP contribution in [0.15, 0.2) is 368 Å². The first kappa shape index (κ1) is 65.5. The van der Waals surface area contributed by atoms with Crippen molar-refractivity contribution in [3.8, 4) is 102 Å². The maximum atomic E-state index is 7.02. The SMILES string of the molecule is c1ccc(-c2nc(-c3ccccc3)nc(-c3cccc4c3oc3c(-n5c6ccccc6c6cc(-c7ccc8sc9ccccc9c8c7)ccc65)cccc34)n2)cc1.c1ccc(-c2nc(-c3ccccc3)nc(-c3cccc4c3sc3c(-n5c6ccccc6c6cc(-c7ccc8sc9ccccc9c8c7)ccc65)cccc34)n2)cc1. The zero-order valence-corrected chi connectivity index (χ0v) is 63.3. The third kappa shape index (κ3) is 10.9. The number of hydrogen-bond acceptors (Lipinski definition) is 10. The van der Waals surface area contributed by atoms with Crippen LogP contribution in [0.3, 0.4) is 0 Å². The predicted molar refractivity (Wildman–Crippen MR) is 478 cm³/mol. The highest BCUT2D eigenvalue weighted by molar-refractivity contribution is 7.27. The first-order valence-corrected chi connectivity index (χ1v) is 40.5. The Balaban J connectivity index is 0.000000135. The summed E-state index contributed by atoms with van der Waals surface area (Å²) in [5.41, 5.74) is 18.7. The van der Waals surface area contributed by atoms with Gasteiger partial charge in [0, 0.05) is 116 Å². The highest BCUT2D eigenvalue weighted by Gasteiger charge is 2.25. The van der Waals surface area contributed by atoms with Crippen LogP contribution < -0.4 is 0 Å². The Morgan fingerprint density at radius 2 is 0.526 bits per heavy atom. The average molecular weight is 1510 g/mol. The second kappa shape index (κ2) is 26.7. The maximum absolute atomic E-state index is 7.02. The summed E-state index contributed by atoms with van der Waals surface area (Å²) in [6.07, 6.45) is 0. The molecule has 0 aliphatic rings. The Kier molecular flexibility index (Phi) is 15.3. The molecule has 16 aromatic carbocycles. The van der Waals surface area contributed by atoms with E-state index in [9.17, 15) is 0 Å². The molecule has 0 bridgehead atoms. The lowest BCUT2D eigenvalue weighted by Gasteiger charge is -2.10. The summed E-state index contributed by atoms with van der Waals surface area (Å²) in [6, 6.07) is 129. The molecule has 0 aliphatic heterocycles. The zero-order valence-electron chi connectivity index (χ0n) is 60.9. The van der Waals surface area contributed by atoms with E-state index in [-0.39, 0.29) is 0 Å². The summed E-state index contributed by atoms with van der Waals surface area (Å²) in [6.45, 7) is 0. The standard InChI is InChI=1S/C51H30N4OS.C51H30N4S2/c1-3-13-31(14-4-1)49-52-50(32-15-5-2-6-16-32)54-51(53-49)39-21-11-19-37-38-20-12-23-44(48(38)56-47(37)39)55-42-22-9-7-17-35(42)40-29-33(25-27-43(40)55)34-26-28-46-41(30-34)36-18-8-10-24-45(36)57-46;1-3-13-31(14-4-1)49-52-50(32-15-5-2-6-16-32)54-51(53-49)39-21-11-19-37-38-20-12-23-44(48(38)57-47(37)39)55-42-22-9-7-17-35(42)40-29-33(25-27-43(40)55)34-26-28-46-41(30-34)36-18-8-10-24-45(36)56-46/h2*1-30H. The minimum Gasteiger partial charge on any atom is -0.453 e. The van der Waals surface area contributed by atoms with Gasteiger partial charge < -0.3 is 13.6 Å². The summed E-state index contributed by atoms with van der Waals surface area (Å²) >= 11 is 5.52. The van der Waals surface area contributed by atoms with Crippen molar-refractivity contribution in [3.63, 3.8) is 0 Å². The lowest BCUT2D eigenvalue weighted by molar-refractivity contribution is 0.667. The molecule has 0 unspecified atom stereocenters. The fourth-order valence-electron chi connectivity index (χ4n) is 16.8. The summed E-state index contributed by atoms with van der Waals surface area (Å²) in [5, 5.41) is 14.6. The van der Waals surface area contributed by atoms with Crippen LogP contribution in [0, 0.1) is 0 Å². The molecule has 0 saturated carbocycles. The van der Waals surface area contributed by atoms with E-state index in [0.717, 1.165) is 82.4 Å². The number of benzene rings is 16. The molecule has 532 valence electrons. The molecule has 0 saturated heterocycles. The molecule has 0 fully saturated rings. The third-order valence-corrected chi connectivity index (χ3v) is 25.7. The monoisotopic (exact) mass is 1510 g/mol. The van der Waals surface area contributed by atoms with Gasteiger partial charge >= 0.3 is 0 Å². The van der Waals surface area contributed by atoms with Gasteiger partial charge in [0.15, 0.2) is 40.5 Å². The Labute approximate surface area is 664 Å². The molecule has 0 amide bonds. The van der Waals surface area contributed by atoms with Gasteiger partial charge in [0.2, 0.25) is 0 Å². The zero-order chi connectivity index (χ0) is 74.9. The van der Waals surface area contributed by atoms with E-state index >= 15 is 0 Å². The van der Waals surface area contributed by atoms with E-state index in [1.807, 2.05) is 137 Å². The van der Waals surface area contributed by atoms with Crippen LogP contribution in [0.4, 0.5) is 0 Å². The number of fused-ring (bicyclic) bond motifs is 18. The smallest absolute Gasteiger partial charge is 0.167 e. The van der Waals surface area contributed by atoms with Crippen LogP contribution in [0.1, 0.15) is 0 Å². The summed E-state index contributed by atoms with van der Waals surface area (Å²) in [7, 11) is 0. The first-order valence-electron chi connectivity index (χ1n) is 38.0. The van der Waals surface area contributed by atoms with Gasteiger partial charge in [-0.2, -0.15) is 0 Å². The van der Waals surface area contributed by atoms with Crippen LogP contribution >= 0.6 is 34.0 Å². The van der Waals surface area contributed by atoms with E-state index in [0.29, 0.717) is 34.9 Å². The second-order valence-corrected chi connectivity index (χ2v) is 31.9. The number of thiophene rings is 3. The number of hydrogen-bond donors (Lipinski definition) is 0. The van der Waals surface area contributed by atoms with Crippen molar-refractivity contribution >= 4 is 160 Å². The van der Waals surface area contributed by atoms with Crippen LogP contribution in [0.2, 0.25) is 0 Å². The van der Waals surface area contributed by atoms with Gasteiger partial charge in [0.25, 0.3) is 0 Å². The highest BCUT2D eigenvalue weighted by atomic mass is 32.1. The van der Waals surface area contributed by atoms with E-state index in [1.54, 1.807) is 0 Å². The van der Waals surface area contributed by atoms with Gasteiger partial charge in [-0.15, -0.1) is 34.0 Å².